The van der Waals surface area contributed by atoms with Crippen molar-refractivity contribution in [3.63, 3.8) is 0 Å². The lowest BCUT2D eigenvalue weighted by Gasteiger charge is -2.10. The number of rotatable bonds is 5. The summed E-state index contributed by atoms with van der Waals surface area (Å²) in [5, 5.41) is 4.40. The average Bonchev–Trinajstić information content (AvgIpc) is 3.07. The van der Waals surface area contributed by atoms with Gasteiger partial charge in [-0.15, -0.1) is 5.10 Å². The molecule has 0 aliphatic rings. The van der Waals surface area contributed by atoms with Gasteiger partial charge in [0.25, 0.3) is 10.0 Å². The zero-order valence-electron chi connectivity index (χ0n) is 13.9. The van der Waals surface area contributed by atoms with E-state index >= 15 is 0 Å². The van der Waals surface area contributed by atoms with Crippen LogP contribution in [0.3, 0.4) is 0 Å². The van der Waals surface area contributed by atoms with E-state index in [-0.39, 0.29) is 10.7 Å². The SMILES string of the molecule is CN(C)c1ncn(-c2cccc(NS(=O)(=O)c3cc(Cl)ccc3F)c2)n1. The smallest absolute Gasteiger partial charge is 0.264 e. The van der Waals surface area contributed by atoms with Gasteiger partial charge in [-0.1, -0.05) is 17.7 Å². The topological polar surface area (TPSA) is 80.1 Å². The number of hydrogen-bond acceptors (Lipinski definition) is 5. The number of halogens is 2. The second kappa shape index (κ2) is 6.93. The van der Waals surface area contributed by atoms with Crippen LogP contribution in [0.4, 0.5) is 16.0 Å². The fourth-order valence-corrected chi connectivity index (χ4v) is 3.58. The molecule has 3 rings (SSSR count). The van der Waals surface area contributed by atoms with Gasteiger partial charge in [0.05, 0.1) is 11.4 Å². The first-order valence-electron chi connectivity index (χ1n) is 7.43. The van der Waals surface area contributed by atoms with E-state index in [1.807, 2.05) is 14.1 Å². The minimum Gasteiger partial charge on any atom is -0.346 e. The van der Waals surface area contributed by atoms with E-state index in [1.165, 1.54) is 17.1 Å². The standard InChI is InChI=1S/C16H15ClFN5O2S/c1-22(2)16-19-10-23(20-16)13-5-3-4-12(9-13)21-26(24,25)15-8-11(17)6-7-14(15)18/h3-10,21H,1-2H3. The third kappa shape index (κ3) is 3.78. The molecule has 0 aliphatic carbocycles. The molecule has 1 aromatic heterocycles. The Hall–Kier alpha value is -2.65. The van der Waals surface area contributed by atoms with Crippen LogP contribution in [0.15, 0.2) is 53.7 Å². The molecule has 0 amide bonds. The van der Waals surface area contributed by atoms with Gasteiger partial charge < -0.3 is 4.90 Å². The highest BCUT2D eigenvalue weighted by Gasteiger charge is 2.20. The molecule has 1 N–H and O–H groups in total. The number of aromatic nitrogens is 3. The molecular weight excluding hydrogens is 381 g/mol. The molecule has 7 nitrogen and oxygen atoms in total. The van der Waals surface area contributed by atoms with Crippen LogP contribution in [0.25, 0.3) is 5.69 Å². The highest BCUT2D eigenvalue weighted by molar-refractivity contribution is 7.92. The highest BCUT2D eigenvalue weighted by atomic mass is 35.5. The average molecular weight is 396 g/mol. The van der Waals surface area contributed by atoms with Crippen LogP contribution in [-0.2, 0) is 10.0 Å². The Labute approximate surface area is 155 Å². The van der Waals surface area contributed by atoms with Crippen LogP contribution < -0.4 is 9.62 Å². The van der Waals surface area contributed by atoms with E-state index < -0.39 is 20.7 Å². The molecule has 26 heavy (non-hydrogen) atoms. The van der Waals surface area contributed by atoms with Crippen molar-refractivity contribution in [1.82, 2.24) is 14.8 Å². The molecule has 2 aromatic carbocycles. The Bertz CT molecular complexity index is 1050. The van der Waals surface area contributed by atoms with E-state index in [4.69, 9.17) is 11.6 Å². The van der Waals surface area contributed by atoms with Crippen LogP contribution in [0.1, 0.15) is 0 Å². The van der Waals surface area contributed by atoms with E-state index in [0.29, 0.717) is 11.6 Å². The van der Waals surface area contributed by atoms with Crippen LogP contribution in [0, 0.1) is 5.82 Å². The molecule has 10 heteroatoms. The Morgan fingerprint density at radius 1 is 1.19 bits per heavy atom. The van der Waals surface area contributed by atoms with Crippen molar-refractivity contribution in [3.8, 4) is 5.69 Å². The summed E-state index contributed by atoms with van der Waals surface area (Å²) < 4.78 is 42.7. The second-order valence-corrected chi connectivity index (χ2v) is 7.70. The zero-order valence-corrected chi connectivity index (χ0v) is 15.5. The first-order valence-corrected chi connectivity index (χ1v) is 9.30. The molecule has 0 saturated carbocycles. The van der Waals surface area contributed by atoms with Gasteiger partial charge in [-0.2, -0.15) is 4.98 Å². The lowest BCUT2D eigenvalue weighted by atomic mass is 10.3. The van der Waals surface area contributed by atoms with Crippen molar-refractivity contribution in [1.29, 1.82) is 0 Å². The fourth-order valence-electron chi connectivity index (χ4n) is 2.19. The lowest BCUT2D eigenvalue weighted by molar-refractivity contribution is 0.570. The minimum absolute atomic E-state index is 0.124. The summed E-state index contributed by atoms with van der Waals surface area (Å²) in [7, 11) is -0.518. The quantitative estimate of drug-likeness (QED) is 0.718. The Morgan fingerprint density at radius 3 is 2.65 bits per heavy atom. The molecule has 0 aliphatic heterocycles. The third-order valence-electron chi connectivity index (χ3n) is 3.43. The highest BCUT2D eigenvalue weighted by Crippen LogP contribution is 2.23. The largest absolute Gasteiger partial charge is 0.346 e. The molecule has 0 spiro atoms. The second-order valence-electron chi connectivity index (χ2n) is 5.61. The van der Waals surface area contributed by atoms with Gasteiger partial charge in [-0.05, 0) is 36.4 Å². The monoisotopic (exact) mass is 395 g/mol. The predicted octanol–water partition coefficient (Wildman–Crippen LogP) is 2.93. The maximum atomic E-state index is 13.9. The Kier molecular flexibility index (Phi) is 4.84. The van der Waals surface area contributed by atoms with Gasteiger partial charge in [0.1, 0.15) is 17.0 Å². The molecule has 0 unspecified atom stereocenters. The van der Waals surface area contributed by atoms with Crippen molar-refractivity contribution >= 4 is 33.3 Å². The number of hydrogen-bond donors (Lipinski definition) is 1. The summed E-state index contributed by atoms with van der Waals surface area (Å²) in [6, 6.07) is 9.85. The Balaban J connectivity index is 1.92. The molecule has 0 saturated heterocycles. The van der Waals surface area contributed by atoms with Crippen molar-refractivity contribution in [2.75, 3.05) is 23.7 Å². The van der Waals surface area contributed by atoms with Crippen LogP contribution >= 0.6 is 11.6 Å². The summed E-state index contributed by atoms with van der Waals surface area (Å²) in [6.07, 6.45) is 1.51. The third-order valence-corrected chi connectivity index (χ3v) is 5.06. The minimum atomic E-state index is -4.14. The number of nitrogens with one attached hydrogen (secondary N) is 1. The molecule has 0 bridgehead atoms. The van der Waals surface area contributed by atoms with E-state index in [2.05, 4.69) is 14.8 Å². The lowest BCUT2D eigenvalue weighted by Crippen LogP contribution is -2.15. The number of benzene rings is 2. The van der Waals surface area contributed by atoms with Gasteiger partial charge in [0, 0.05) is 19.1 Å². The summed E-state index contributed by atoms with van der Waals surface area (Å²) in [5.41, 5.74) is 0.848. The van der Waals surface area contributed by atoms with Crippen molar-refractivity contribution < 1.29 is 12.8 Å². The summed E-state index contributed by atoms with van der Waals surface area (Å²) in [5.74, 6) is -0.373. The molecule has 3 aromatic rings. The summed E-state index contributed by atoms with van der Waals surface area (Å²) >= 11 is 5.78. The number of sulfonamides is 1. The van der Waals surface area contributed by atoms with Gasteiger partial charge in [-0.3, -0.25) is 4.72 Å². The fraction of sp³-hybridized carbons (Fsp3) is 0.125. The first-order chi connectivity index (χ1) is 12.3. The van der Waals surface area contributed by atoms with Gasteiger partial charge in [0.2, 0.25) is 5.95 Å². The summed E-state index contributed by atoms with van der Waals surface area (Å²) in [4.78, 5) is 5.36. The molecule has 1 heterocycles. The van der Waals surface area contributed by atoms with Crippen LogP contribution in [0.5, 0.6) is 0 Å². The van der Waals surface area contributed by atoms with Crippen molar-refractivity contribution in [2.45, 2.75) is 4.90 Å². The van der Waals surface area contributed by atoms with E-state index in [9.17, 15) is 12.8 Å². The normalized spacial score (nSPS) is 11.4. The van der Waals surface area contributed by atoms with Gasteiger partial charge in [-0.25, -0.2) is 17.5 Å². The van der Waals surface area contributed by atoms with Gasteiger partial charge in [0.15, 0.2) is 0 Å². The van der Waals surface area contributed by atoms with Crippen LogP contribution in [0.2, 0.25) is 5.02 Å². The number of anilines is 2. The maximum absolute atomic E-state index is 13.9. The van der Waals surface area contributed by atoms with Crippen molar-refractivity contribution in [2.24, 2.45) is 0 Å². The molecule has 0 fully saturated rings. The van der Waals surface area contributed by atoms with Crippen molar-refractivity contribution in [3.05, 3.63) is 59.6 Å². The van der Waals surface area contributed by atoms with E-state index in [1.54, 1.807) is 29.2 Å². The predicted molar refractivity (Wildman–Crippen MR) is 97.9 cm³/mol. The Morgan fingerprint density at radius 2 is 1.96 bits per heavy atom. The first kappa shape index (κ1) is 18.2. The zero-order chi connectivity index (χ0) is 18.9. The number of nitrogens with zero attached hydrogens (tertiary/aromatic N) is 4. The molecule has 0 radical (unpaired) electrons. The van der Waals surface area contributed by atoms with Gasteiger partial charge >= 0.3 is 0 Å². The van der Waals surface area contributed by atoms with E-state index in [0.717, 1.165) is 12.1 Å². The maximum Gasteiger partial charge on any atom is 0.264 e. The van der Waals surface area contributed by atoms with Crippen LogP contribution in [-0.4, -0.2) is 37.3 Å². The molecule has 136 valence electrons. The molecular formula is C16H15ClFN5O2S. The summed E-state index contributed by atoms with van der Waals surface area (Å²) in [6.45, 7) is 0. The molecule has 0 atom stereocenters.